The summed E-state index contributed by atoms with van der Waals surface area (Å²) in [6.07, 6.45) is 1.16. The van der Waals surface area contributed by atoms with Gasteiger partial charge in [-0.15, -0.1) is 0 Å². The van der Waals surface area contributed by atoms with E-state index in [2.05, 4.69) is 15.3 Å². The predicted molar refractivity (Wildman–Crippen MR) is 78.3 cm³/mol. The lowest BCUT2D eigenvalue weighted by Crippen LogP contribution is -2.05. The van der Waals surface area contributed by atoms with Crippen LogP contribution in [0.5, 0.6) is 0 Å². The molecule has 2 rings (SSSR count). The molecule has 0 radical (unpaired) electrons. The van der Waals surface area contributed by atoms with Crippen LogP contribution >= 0.6 is 23.2 Å². The van der Waals surface area contributed by atoms with Gasteiger partial charge in [0.15, 0.2) is 5.69 Å². The second kappa shape index (κ2) is 6.02. The van der Waals surface area contributed by atoms with Crippen LogP contribution in [0, 0.1) is 10.1 Å². The molecule has 1 heterocycles. The summed E-state index contributed by atoms with van der Waals surface area (Å²) in [6, 6.07) is 4.70. The first kappa shape index (κ1) is 14.5. The van der Waals surface area contributed by atoms with E-state index in [-0.39, 0.29) is 11.4 Å². The van der Waals surface area contributed by atoms with Gasteiger partial charge in [0.1, 0.15) is 6.20 Å². The average Bonchev–Trinajstić information content (AvgIpc) is 2.38. The zero-order chi connectivity index (χ0) is 14.7. The van der Waals surface area contributed by atoms with E-state index < -0.39 is 4.92 Å². The Balaban J connectivity index is 2.62. The van der Waals surface area contributed by atoms with Crippen LogP contribution in [0.15, 0.2) is 24.4 Å². The zero-order valence-electron chi connectivity index (χ0n) is 10.4. The Morgan fingerprint density at radius 1 is 1.40 bits per heavy atom. The fourth-order valence-corrected chi connectivity index (χ4v) is 2.13. The topological polar surface area (TPSA) is 81.0 Å². The molecular weight excluding hydrogens is 303 g/mol. The van der Waals surface area contributed by atoms with Crippen molar-refractivity contribution in [3.63, 3.8) is 0 Å². The van der Waals surface area contributed by atoms with E-state index in [1.54, 1.807) is 12.1 Å². The number of benzene rings is 1. The molecule has 0 amide bonds. The van der Waals surface area contributed by atoms with Gasteiger partial charge < -0.3 is 5.32 Å². The number of halogens is 2. The third-order valence-electron chi connectivity index (χ3n) is 2.49. The second-order valence-electron chi connectivity index (χ2n) is 3.84. The monoisotopic (exact) mass is 312 g/mol. The van der Waals surface area contributed by atoms with Crippen molar-refractivity contribution in [1.82, 2.24) is 9.97 Å². The molecule has 2 aromatic rings. The molecule has 0 bridgehead atoms. The molecule has 1 aromatic carbocycles. The molecule has 6 nitrogen and oxygen atoms in total. The molecule has 8 heteroatoms. The fourth-order valence-electron chi connectivity index (χ4n) is 1.63. The number of anilines is 1. The number of rotatable bonds is 4. The van der Waals surface area contributed by atoms with Crippen molar-refractivity contribution < 1.29 is 4.92 Å². The molecule has 0 fully saturated rings. The molecule has 0 aliphatic heterocycles. The minimum Gasteiger partial charge on any atom is -0.354 e. The zero-order valence-corrected chi connectivity index (χ0v) is 11.9. The maximum Gasteiger partial charge on any atom is 0.313 e. The standard InChI is InChI=1S/C12H10Cl2N4O2/c1-2-15-12-16-6-10(18(19)20)11(17-12)8-4-3-7(13)5-9(8)14/h3-6H,2H2,1H3,(H,15,16,17). The van der Waals surface area contributed by atoms with E-state index >= 15 is 0 Å². The average molecular weight is 313 g/mol. The van der Waals surface area contributed by atoms with E-state index in [9.17, 15) is 10.1 Å². The Bertz CT molecular complexity index is 664. The van der Waals surface area contributed by atoms with E-state index in [1.165, 1.54) is 6.07 Å². The van der Waals surface area contributed by atoms with Crippen LogP contribution in [0.2, 0.25) is 10.0 Å². The molecule has 0 unspecified atom stereocenters. The summed E-state index contributed by atoms with van der Waals surface area (Å²) in [7, 11) is 0. The quantitative estimate of drug-likeness (QED) is 0.686. The van der Waals surface area contributed by atoms with E-state index in [0.29, 0.717) is 28.1 Å². The Kier molecular flexibility index (Phi) is 4.36. The van der Waals surface area contributed by atoms with Gasteiger partial charge in [0.25, 0.3) is 0 Å². The summed E-state index contributed by atoms with van der Waals surface area (Å²) in [5.41, 5.74) is 0.378. The minimum atomic E-state index is -0.546. The highest BCUT2D eigenvalue weighted by molar-refractivity contribution is 6.36. The molecule has 0 aliphatic carbocycles. The molecule has 104 valence electrons. The van der Waals surface area contributed by atoms with Gasteiger partial charge >= 0.3 is 5.69 Å². The molecule has 0 atom stereocenters. The van der Waals surface area contributed by atoms with Crippen LogP contribution in [0.1, 0.15) is 6.92 Å². The third-order valence-corrected chi connectivity index (χ3v) is 3.04. The van der Waals surface area contributed by atoms with Crippen molar-refractivity contribution in [2.24, 2.45) is 0 Å². The Labute approximate surface area is 124 Å². The van der Waals surface area contributed by atoms with Crippen molar-refractivity contribution in [2.75, 3.05) is 11.9 Å². The van der Waals surface area contributed by atoms with Gasteiger partial charge in [-0.3, -0.25) is 10.1 Å². The molecule has 0 saturated heterocycles. The summed E-state index contributed by atoms with van der Waals surface area (Å²) in [5, 5.41) is 14.7. The number of aromatic nitrogens is 2. The highest BCUT2D eigenvalue weighted by atomic mass is 35.5. The molecule has 1 aromatic heterocycles. The van der Waals surface area contributed by atoms with Gasteiger partial charge in [-0.05, 0) is 25.1 Å². The lowest BCUT2D eigenvalue weighted by atomic mass is 10.1. The second-order valence-corrected chi connectivity index (χ2v) is 4.68. The number of nitrogens with one attached hydrogen (secondary N) is 1. The number of hydrogen-bond acceptors (Lipinski definition) is 5. The Morgan fingerprint density at radius 3 is 2.75 bits per heavy atom. The van der Waals surface area contributed by atoms with Gasteiger partial charge in [-0.2, -0.15) is 0 Å². The molecular formula is C12H10Cl2N4O2. The Morgan fingerprint density at radius 2 is 2.15 bits per heavy atom. The third kappa shape index (κ3) is 2.97. The normalized spacial score (nSPS) is 10.3. The fraction of sp³-hybridized carbons (Fsp3) is 0.167. The van der Waals surface area contributed by atoms with Crippen molar-refractivity contribution >= 4 is 34.8 Å². The van der Waals surface area contributed by atoms with Crippen LogP contribution in [-0.4, -0.2) is 21.4 Å². The predicted octanol–water partition coefficient (Wildman–Crippen LogP) is 3.79. The van der Waals surface area contributed by atoms with Crippen LogP contribution in [0.3, 0.4) is 0 Å². The highest BCUT2D eigenvalue weighted by Gasteiger charge is 2.20. The van der Waals surface area contributed by atoms with Crippen LogP contribution in [0.25, 0.3) is 11.3 Å². The number of nitrogens with zero attached hydrogens (tertiary/aromatic N) is 3. The van der Waals surface area contributed by atoms with Gasteiger partial charge in [0.05, 0.1) is 9.95 Å². The molecule has 0 aliphatic rings. The van der Waals surface area contributed by atoms with E-state index in [1.807, 2.05) is 6.92 Å². The molecule has 0 saturated carbocycles. The first-order valence-electron chi connectivity index (χ1n) is 5.73. The highest BCUT2D eigenvalue weighted by Crippen LogP contribution is 2.34. The van der Waals surface area contributed by atoms with E-state index in [4.69, 9.17) is 23.2 Å². The van der Waals surface area contributed by atoms with Crippen molar-refractivity contribution in [2.45, 2.75) is 6.92 Å². The van der Waals surface area contributed by atoms with Crippen LogP contribution < -0.4 is 5.32 Å². The maximum absolute atomic E-state index is 11.1. The summed E-state index contributed by atoms with van der Waals surface area (Å²) < 4.78 is 0. The van der Waals surface area contributed by atoms with Gasteiger partial charge in [0.2, 0.25) is 5.95 Å². The molecule has 0 spiro atoms. The van der Waals surface area contributed by atoms with Crippen molar-refractivity contribution in [3.8, 4) is 11.3 Å². The minimum absolute atomic E-state index is 0.155. The van der Waals surface area contributed by atoms with Crippen molar-refractivity contribution in [3.05, 3.63) is 44.6 Å². The first-order valence-corrected chi connectivity index (χ1v) is 6.49. The SMILES string of the molecule is CCNc1ncc([N+](=O)[O-])c(-c2ccc(Cl)cc2Cl)n1. The van der Waals surface area contributed by atoms with Gasteiger partial charge in [-0.1, -0.05) is 23.2 Å². The Hall–Kier alpha value is -1.92. The summed E-state index contributed by atoms with van der Waals surface area (Å²) in [5.74, 6) is 0.305. The summed E-state index contributed by atoms with van der Waals surface area (Å²) >= 11 is 11.9. The summed E-state index contributed by atoms with van der Waals surface area (Å²) in [4.78, 5) is 18.6. The molecule has 20 heavy (non-hydrogen) atoms. The number of hydrogen-bond donors (Lipinski definition) is 1. The lowest BCUT2D eigenvalue weighted by molar-refractivity contribution is -0.384. The first-order chi connectivity index (χ1) is 9.52. The summed E-state index contributed by atoms with van der Waals surface area (Å²) in [6.45, 7) is 2.48. The van der Waals surface area contributed by atoms with Crippen molar-refractivity contribution in [1.29, 1.82) is 0 Å². The van der Waals surface area contributed by atoms with E-state index in [0.717, 1.165) is 6.20 Å². The maximum atomic E-state index is 11.1. The largest absolute Gasteiger partial charge is 0.354 e. The van der Waals surface area contributed by atoms with Gasteiger partial charge in [-0.25, -0.2) is 9.97 Å². The van der Waals surface area contributed by atoms with Gasteiger partial charge in [0, 0.05) is 17.1 Å². The smallest absolute Gasteiger partial charge is 0.313 e. The van der Waals surface area contributed by atoms with Crippen LogP contribution in [-0.2, 0) is 0 Å². The van der Waals surface area contributed by atoms with Crippen LogP contribution in [0.4, 0.5) is 11.6 Å². The lowest BCUT2D eigenvalue weighted by Gasteiger charge is -2.07. The number of nitro groups is 1. The molecule has 1 N–H and O–H groups in total.